The summed E-state index contributed by atoms with van der Waals surface area (Å²) in [6.07, 6.45) is 3.26. The minimum atomic E-state index is -3.70. The second-order valence-corrected chi connectivity index (χ2v) is 6.79. The number of nitrogens with zero attached hydrogens (tertiary/aromatic N) is 2. The molecule has 2 N–H and O–H groups in total. The molecule has 0 aliphatic heterocycles. The largest absolute Gasteiger partial charge is 0.399 e. The molecule has 2 aromatic rings. The van der Waals surface area contributed by atoms with Gasteiger partial charge in [0.05, 0.1) is 5.02 Å². The Balaban J connectivity index is 2.38. The van der Waals surface area contributed by atoms with E-state index < -0.39 is 10.0 Å². The molecule has 0 saturated heterocycles. The van der Waals surface area contributed by atoms with Crippen LogP contribution in [0, 0.1) is 0 Å². The van der Waals surface area contributed by atoms with Crippen LogP contribution in [0.4, 0.5) is 5.69 Å². The molecule has 5 nitrogen and oxygen atoms in total. The summed E-state index contributed by atoms with van der Waals surface area (Å²) in [5, 5.41) is 0.164. The highest BCUT2D eigenvalue weighted by molar-refractivity contribution is 7.89. The molecule has 0 spiro atoms. The van der Waals surface area contributed by atoms with Gasteiger partial charge in [0.1, 0.15) is 4.90 Å². The first-order valence-corrected chi connectivity index (χ1v) is 8.21. The first-order valence-electron chi connectivity index (χ1n) is 6.39. The Kier molecular flexibility index (Phi) is 4.82. The van der Waals surface area contributed by atoms with Crippen LogP contribution >= 0.6 is 11.6 Å². The standard InChI is InChI=1S/C14H16ClN3O2S/c1-2-18(10-11-5-7-17-8-6-11)21(19,20)14-9-12(16)3-4-13(14)15/h3-9H,2,10,16H2,1H3. The van der Waals surface area contributed by atoms with Crippen molar-refractivity contribution in [2.75, 3.05) is 12.3 Å². The molecule has 0 bridgehead atoms. The van der Waals surface area contributed by atoms with Gasteiger partial charge in [-0.25, -0.2) is 8.42 Å². The molecule has 0 fully saturated rings. The summed E-state index contributed by atoms with van der Waals surface area (Å²) in [6, 6.07) is 8.00. The molecule has 1 heterocycles. The quantitative estimate of drug-likeness (QED) is 0.857. The Labute approximate surface area is 129 Å². The maximum Gasteiger partial charge on any atom is 0.244 e. The fourth-order valence-electron chi connectivity index (χ4n) is 1.92. The predicted molar refractivity (Wildman–Crippen MR) is 83.4 cm³/mol. The minimum Gasteiger partial charge on any atom is -0.399 e. The fourth-order valence-corrected chi connectivity index (χ4v) is 3.86. The monoisotopic (exact) mass is 325 g/mol. The summed E-state index contributed by atoms with van der Waals surface area (Å²) in [7, 11) is -3.70. The lowest BCUT2D eigenvalue weighted by Gasteiger charge is -2.21. The van der Waals surface area contributed by atoms with Crippen LogP contribution in [0.15, 0.2) is 47.6 Å². The van der Waals surface area contributed by atoms with Crippen LogP contribution in [0.5, 0.6) is 0 Å². The smallest absolute Gasteiger partial charge is 0.244 e. The van der Waals surface area contributed by atoms with E-state index >= 15 is 0 Å². The van der Waals surface area contributed by atoms with Gasteiger partial charge in [0, 0.05) is 31.2 Å². The van der Waals surface area contributed by atoms with Crippen LogP contribution in [0.3, 0.4) is 0 Å². The summed E-state index contributed by atoms with van der Waals surface area (Å²) in [5.41, 5.74) is 6.88. The van der Waals surface area contributed by atoms with Crippen molar-refractivity contribution in [3.05, 3.63) is 53.3 Å². The van der Waals surface area contributed by atoms with E-state index in [0.29, 0.717) is 12.2 Å². The van der Waals surface area contributed by atoms with Gasteiger partial charge in [0.2, 0.25) is 10.0 Å². The van der Waals surface area contributed by atoms with Crippen LogP contribution in [0.2, 0.25) is 5.02 Å². The average molecular weight is 326 g/mol. The molecule has 7 heteroatoms. The molecule has 0 unspecified atom stereocenters. The highest BCUT2D eigenvalue weighted by Crippen LogP contribution is 2.27. The van der Waals surface area contributed by atoms with E-state index in [1.165, 1.54) is 16.4 Å². The van der Waals surface area contributed by atoms with Gasteiger partial charge in [-0.2, -0.15) is 4.31 Å². The lowest BCUT2D eigenvalue weighted by molar-refractivity contribution is 0.423. The van der Waals surface area contributed by atoms with Gasteiger partial charge in [-0.1, -0.05) is 18.5 Å². The van der Waals surface area contributed by atoms with Crippen LogP contribution < -0.4 is 5.73 Å². The number of nitrogens with two attached hydrogens (primary N) is 1. The van der Waals surface area contributed by atoms with Crippen molar-refractivity contribution < 1.29 is 8.42 Å². The highest BCUT2D eigenvalue weighted by atomic mass is 35.5. The molecule has 112 valence electrons. The van der Waals surface area contributed by atoms with E-state index in [1.54, 1.807) is 37.5 Å². The zero-order valence-electron chi connectivity index (χ0n) is 11.5. The molecule has 1 aromatic carbocycles. The van der Waals surface area contributed by atoms with Gasteiger partial charge in [-0.3, -0.25) is 4.98 Å². The molecular formula is C14H16ClN3O2S. The lowest BCUT2D eigenvalue weighted by Crippen LogP contribution is -2.30. The second-order valence-electron chi connectivity index (χ2n) is 4.48. The summed E-state index contributed by atoms with van der Waals surface area (Å²) < 4.78 is 26.8. The average Bonchev–Trinajstić information content (AvgIpc) is 2.48. The third-order valence-electron chi connectivity index (χ3n) is 3.03. The Hall–Kier alpha value is -1.63. The number of sulfonamides is 1. The molecular weight excluding hydrogens is 310 g/mol. The van der Waals surface area contributed by atoms with E-state index in [1.807, 2.05) is 0 Å². The predicted octanol–water partition coefficient (Wildman–Crippen LogP) is 2.53. The van der Waals surface area contributed by atoms with Crippen LogP contribution in [-0.2, 0) is 16.6 Å². The number of aromatic nitrogens is 1. The maximum absolute atomic E-state index is 12.7. The molecule has 0 radical (unpaired) electrons. The molecule has 0 saturated carbocycles. The Bertz CT molecular complexity index is 720. The van der Waals surface area contributed by atoms with Crippen LogP contribution in [0.1, 0.15) is 12.5 Å². The number of pyridine rings is 1. The van der Waals surface area contributed by atoms with Crippen molar-refractivity contribution in [1.29, 1.82) is 0 Å². The highest BCUT2D eigenvalue weighted by Gasteiger charge is 2.25. The van der Waals surface area contributed by atoms with Crippen molar-refractivity contribution in [3.8, 4) is 0 Å². The minimum absolute atomic E-state index is 0.0278. The number of rotatable bonds is 5. The van der Waals surface area contributed by atoms with Crippen molar-refractivity contribution in [3.63, 3.8) is 0 Å². The van der Waals surface area contributed by atoms with Gasteiger partial charge >= 0.3 is 0 Å². The van der Waals surface area contributed by atoms with Crippen molar-refractivity contribution in [2.24, 2.45) is 0 Å². The van der Waals surface area contributed by atoms with Crippen LogP contribution in [0.25, 0.3) is 0 Å². The molecule has 2 rings (SSSR count). The zero-order chi connectivity index (χ0) is 15.5. The second kappa shape index (κ2) is 6.43. The number of nitrogen functional groups attached to an aromatic ring is 1. The van der Waals surface area contributed by atoms with E-state index in [0.717, 1.165) is 5.56 Å². The van der Waals surface area contributed by atoms with Gasteiger partial charge in [0.15, 0.2) is 0 Å². The summed E-state index contributed by atoms with van der Waals surface area (Å²) >= 11 is 6.01. The molecule has 0 aliphatic carbocycles. The zero-order valence-corrected chi connectivity index (χ0v) is 13.1. The van der Waals surface area contributed by atoms with Gasteiger partial charge in [-0.05, 0) is 35.9 Å². The van der Waals surface area contributed by atoms with E-state index in [4.69, 9.17) is 17.3 Å². The maximum atomic E-state index is 12.7. The normalized spacial score (nSPS) is 11.8. The van der Waals surface area contributed by atoms with Crippen molar-refractivity contribution in [1.82, 2.24) is 9.29 Å². The van der Waals surface area contributed by atoms with Crippen LogP contribution in [-0.4, -0.2) is 24.3 Å². The van der Waals surface area contributed by atoms with E-state index in [9.17, 15) is 8.42 Å². The first-order chi connectivity index (χ1) is 9.95. The van der Waals surface area contributed by atoms with Gasteiger partial charge in [-0.15, -0.1) is 0 Å². The lowest BCUT2D eigenvalue weighted by atomic mass is 10.3. The topological polar surface area (TPSA) is 76.3 Å². The Morgan fingerprint density at radius 3 is 2.52 bits per heavy atom. The molecule has 1 aromatic heterocycles. The number of hydrogen-bond donors (Lipinski definition) is 1. The Morgan fingerprint density at radius 1 is 1.24 bits per heavy atom. The third-order valence-corrected chi connectivity index (χ3v) is 5.44. The molecule has 0 amide bonds. The molecule has 0 atom stereocenters. The number of anilines is 1. The molecule has 21 heavy (non-hydrogen) atoms. The fraction of sp³-hybridized carbons (Fsp3) is 0.214. The first kappa shape index (κ1) is 15.8. The summed E-state index contributed by atoms with van der Waals surface area (Å²) in [4.78, 5) is 3.95. The number of hydrogen-bond acceptors (Lipinski definition) is 4. The van der Waals surface area contributed by atoms with Crippen molar-refractivity contribution in [2.45, 2.75) is 18.4 Å². The van der Waals surface area contributed by atoms with E-state index in [2.05, 4.69) is 4.98 Å². The summed E-state index contributed by atoms with van der Waals surface area (Å²) in [6.45, 7) is 2.36. The third kappa shape index (κ3) is 3.53. The number of benzene rings is 1. The molecule has 0 aliphatic rings. The van der Waals surface area contributed by atoms with Gasteiger partial charge in [0.25, 0.3) is 0 Å². The number of halogens is 1. The van der Waals surface area contributed by atoms with E-state index in [-0.39, 0.29) is 16.5 Å². The summed E-state index contributed by atoms with van der Waals surface area (Å²) in [5.74, 6) is 0. The SMILES string of the molecule is CCN(Cc1ccncc1)S(=O)(=O)c1cc(N)ccc1Cl. The van der Waals surface area contributed by atoms with Gasteiger partial charge < -0.3 is 5.73 Å². The Morgan fingerprint density at radius 2 is 1.90 bits per heavy atom. The van der Waals surface area contributed by atoms with Crippen molar-refractivity contribution >= 4 is 27.3 Å².